The molecule has 2 aliphatic rings. The Balaban J connectivity index is 1.51. The Morgan fingerprint density at radius 3 is 2.16 bits per heavy atom. The third-order valence-electron chi connectivity index (χ3n) is 6.02. The van der Waals surface area contributed by atoms with Crippen LogP contribution in [0.15, 0.2) is 29.2 Å². The highest BCUT2D eigenvalue weighted by atomic mass is 35.5. The van der Waals surface area contributed by atoms with Crippen molar-refractivity contribution in [3.05, 3.63) is 46.5 Å². The topological polar surface area (TPSA) is 75.5 Å². The van der Waals surface area contributed by atoms with Crippen LogP contribution in [0, 0.1) is 24.6 Å². The SMILES string of the molecule is Cc1c(Cl)c(C(F)(F)F)nn1C(C=O)N1CC2CN(S(=O)(=O)c3ccc(F)cc3)CC2C1. The number of hydrogen-bond donors (Lipinski definition) is 0. The third kappa shape index (κ3) is 3.93. The van der Waals surface area contributed by atoms with Crippen molar-refractivity contribution in [1.82, 2.24) is 19.0 Å². The van der Waals surface area contributed by atoms with Crippen molar-refractivity contribution in [2.45, 2.75) is 24.2 Å². The van der Waals surface area contributed by atoms with Gasteiger partial charge in [-0.2, -0.15) is 22.6 Å². The number of carbonyl (C=O) groups excluding carboxylic acids is 1. The van der Waals surface area contributed by atoms with E-state index in [-0.39, 0.29) is 35.5 Å². The van der Waals surface area contributed by atoms with E-state index in [1.807, 2.05) is 0 Å². The Morgan fingerprint density at radius 1 is 1.12 bits per heavy atom. The summed E-state index contributed by atoms with van der Waals surface area (Å²) in [6.07, 6.45) is -5.33. The van der Waals surface area contributed by atoms with Gasteiger partial charge in [-0.25, -0.2) is 17.5 Å². The molecule has 2 fully saturated rings. The van der Waals surface area contributed by atoms with Crippen LogP contribution in [0.4, 0.5) is 17.6 Å². The summed E-state index contributed by atoms with van der Waals surface area (Å²) in [5, 5.41) is 2.99. The molecule has 0 radical (unpaired) electrons. The fraction of sp³-hybridized carbons (Fsp3) is 0.474. The summed E-state index contributed by atoms with van der Waals surface area (Å²) in [6, 6.07) is 4.56. The highest BCUT2D eigenvalue weighted by molar-refractivity contribution is 7.89. The normalized spacial score (nSPS) is 23.4. The van der Waals surface area contributed by atoms with Crippen LogP contribution < -0.4 is 0 Å². The van der Waals surface area contributed by atoms with Gasteiger partial charge in [0.1, 0.15) is 5.82 Å². The summed E-state index contributed by atoms with van der Waals surface area (Å²) >= 11 is 5.80. The number of rotatable bonds is 5. The summed E-state index contributed by atoms with van der Waals surface area (Å²) in [4.78, 5) is 13.5. The molecule has 2 aliphatic heterocycles. The van der Waals surface area contributed by atoms with Gasteiger partial charge in [0.15, 0.2) is 18.1 Å². The van der Waals surface area contributed by atoms with E-state index in [4.69, 9.17) is 11.6 Å². The van der Waals surface area contributed by atoms with Gasteiger partial charge < -0.3 is 0 Å². The lowest BCUT2D eigenvalue weighted by Crippen LogP contribution is -2.37. The van der Waals surface area contributed by atoms with Crippen LogP contribution in [-0.4, -0.2) is 59.9 Å². The van der Waals surface area contributed by atoms with E-state index in [1.54, 1.807) is 4.90 Å². The first-order valence-corrected chi connectivity index (χ1v) is 11.5. The van der Waals surface area contributed by atoms with E-state index < -0.39 is 38.9 Å². The Morgan fingerprint density at radius 2 is 1.69 bits per heavy atom. The average Bonchev–Trinajstić information content (AvgIpc) is 3.37. The minimum atomic E-state index is -4.75. The maximum Gasteiger partial charge on any atom is 0.436 e. The summed E-state index contributed by atoms with van der Waals surface area (Å²) in [5.41, 5.74) is -1.23. The van der Waals surface area contributed by atoms with E-state index in [0.29, 0.717) is 19.4 Å². The maximum atomic E-state index is 13.1. The molecule has 4 rings (SSSR count). The summed E-state index contributed by atoms with van der Waals surface area (Å²) in [7, 11) is -3.80. The minimum Gasteiger partial charge on any atom is -0.299 e. The molecule has 0 saturated carbocycles. The summed E-state index contributed by atoms with van der Waals surface area (Å²) in [6.45, 7) is 2.36. The van der Waals surface area contributed by atoms with Gasteiger partial charge in [0.25, 0.3) is 0 Å². The summed E-state index contributed by atoms with van der Waals surface area (Å²) < 4.78 is 80.5. The van der Waals surface area contributed by atoms with Gasteiger partial charge in [-0.1, -0.05) is 11.6 Å². The number of sulfonamides is 1. The Kier molecular flexibility index (Phi) is 5.85. The van der Waals surface area contributed by atoms with Gasteiger partial charge in [0, 0.05) is 26.2 Å². The molecule has 3 heterocycles. The zero-order chi connectivity index (χ0) is 23.4. The van der Waals surface area contributed by atoms with Crippen LogP contribution in [0.25, 0.3) is 0 Å². The molecule has 3 unspecified atom stereocenters. The van der Waals surface area contributed by atoms with Crippen molar-refractivity contribution in [2.75, 3.05) is 26.2 Å². The number of fused-ring (bicyclic) bond motifs is 1. The molecule has 2 aromatic rings. The van der Waals surface area contributed by atoms with Crippen molar-refractivity contribution in [2.24, 2.45) is 11.8 Å². The van der Waals surface area contributed by atoms with Crippen LogP contribution in [0.2, 0.25) is 5.02 Å². The highest BCUT2D eigenvalue weighted by Crippen LogP contribution is 2.39. The minimum absolute atomic E-state index is 0.0111. The maximum absolute atomic E-state index is 13.1. The monoisotopic (exact) mass is 494 g/mol. The molecule has 0 amide bonds. The molecular formula is C19H19ClF4N4O3S. The number of likely N-dealkylation sites (tertiary alicyclic amines) is 1. The molecule has 3 atom stereocenters. The fourth-order valence-corrected chi connectivity index (χ4v) is 6.18. The second kappa shape index (κ2) is 8.08. The molecular weight excluding hydrogens is 476 g/mol. The summed E-state index contributed by atoms with van der Waals surface area (Å²) in [5.74, 6) is -0.761. The van der Waals surface area contributed by atoms with Crippen molar-refractivity contribution >= 4 is 27.9 Å². The van der Waals surface area contributed by atoms with E-state index in [1.165, 1.54) is 23.4 Å². The predicted octanol–water partition coefficient (Wildman–Crippen LogP) is 2.95. The van der Waals surface area contributed by atoms with E-state index >= 15 is 0 Å². The van der Waals surface area contributed by atoms with Crippen LogP contribution >= 0.6 is 11.6 Å². The van der Waals surface area contributed by atoms with E-state index in [0.717, 1.165) is 16.8 Å². The molecule has 0 N–H and O–H groups in total. The quantitative estimate of drug-likeness (QED) is 0.472. The Labute approximate surface area is 186 Å². The van der Waals surface area contributed by atoms with Crippen LogP contribution in [0.1, 0.15) is 17.6 Å². The van der Waals surface area contributed by atoms with Crippen LogP contribution in [0.3, 0.4) is 0 Å². The first kappa shape index (κ1) is 23.1. The Hall–Kier alpha value is -2.02. The standard InChI is InChI=1S/C19H19ClF4N4O3S/c1-11-17(20)18(19(22,23)24)25-28(11)16(10-29)26-6-12-8-27(9-13(12)7-26)32(30,31)15-4-2-14(21)3-5-15/h2-5,10,12-13,16H,6-9H2,1H3. The van der Waals surface area contributed by atoms with Crippen molar-refractivity contribution in [1.29, 1.82) is 0 Å². The number of aromatic nitrogens is 2. The van der Waals surface area contributed by atoms with Gasteiger partial charge in [-0.3, -0.25) is 9.69 Å². The molecule has 0 aliphatic carbocycles. The number of benzene rings is 1. The lowest BCUT2D eigenvalue weighted by atomic mass is 10.0. The van der Waals surface area contributed by atoms with Gasteiger partial charge >= 0.3 is 6.18 Å². The lowest BCUT2D eigenvalue weighted by molar-refractivity contribution is -0.142. The highest BCUT2D eigenvalue weighted by Gasteiger charge is 2.47. The Bertz CT molecular complexity index is 1120. The smallest absolute Gasteiger partial charge is 0.299 e. The zero-order valence-electron chi connectivity index (χ0n) is 16.8. The lowest BCUT2D eigenvalue weighted by Gasteiger charge is -2.26. The number of halogens is 5. The van der Waals surface area contributed by atoms with Crippen molar-refractivity contribution < 1.29 is 30.8 Å². The number of alkyl halides is 3. The molecule has 2 saturated heterocycles. The second-order valence-electron chi connectivity index (χ2n) is 7.99. The van der Waals surface area contributed by atoms with E-state index in [2.05, 4.69) is 5.10 Å². The first-order chi connectivity index (χ1) is 14.9. The molecule has 0 spiro atoms. The van der Waals surface area contributed by atoms with Crippen LogP contribution in [0.5, 0.6) is 0 Å². The number of aldehydes is 1. The fourth-order valence-electron chi connectivity index (χ4n) is 4.39. The second-order valence-corrected chi connectivity index (χ2v) is 10.3. The van der Waals surface area contributed by atoms with Crippen molar-refractivity contribution in [3.63, 3.8) is 0 Å². The van der Waals surface area contributed by atoms with Gasteiger partial charge in [0.05, 0.1) is 15.6 Å². The third-order valence-corrected chi connectivity index (χ3v) is 8.32. The largest absolute Gasteiger partial charge is 0.436 e. The molecule has 32 heavy (non-hydrogen) atoms. The predicted molar refractivity (Wildman–Crippen MR) is 106 cm³/mol. The zero-order valence-corrected chi connectivity index (χ0v) is 18.3. The number of hydrogen-bond acceptors (Lipinski definition) is 5. The molecule has 1 aromatic carbocycles. The first-order valence-electron chi connectivity index (χ1n) is 9.70. The van der Waals surface area contributed by atoms with E-state index in [9.17, 15) is 30.8 Å². The molecule has 0 bridgehead atoms. The molecule has 13 heteroatoms. The molecule has 174 valence electrons. The molecule has 7 nitrogen and oxygen atoms in total. The van der Waals surface area contributed by atoms with Gasteiger partial charge in [0.2, 0.25) is 10.0 Å². The van der Waals surface area contributed by atoms with Gasteiger partial charge in [-0.05, 0) is 43.0 Å². The van der Waals surface area contributed by atoms with Crippen molar-refractivity contribution in [3.8, 4) is 0 Å². The number of nitrogens with zero attached hydrogens (tertiary/aromatic N) is 4. The average molecular weight is 495 g/mol. The molecule has 1 aromatic heterocycles. The van der Waals surface area contributed by atoms with Crippen LogP contribution in [-0.2, 0) is 21.0 Å². The number of carbonyl (C=O) groups is 1. The van der Waals surface area contributed by atoms with Gasteiger partial charge in [-0.15, -0.1) is 0 Å².